The van der Waals surface area contributed by atoms with Gasteiger partial charge >= 0.3 is 0 Å². The molecule has 2 nitrogen and oxygen atoms in total. The smallest absolute Gasteiger partial charge is 0.150 e. The van der Waals surface area contributed by atoms with Crippen LogP contribution < -0.4 is 0 Å². The Kier molecular flexibility index (Phi) is 2.72. The summed E-state index contributed by atoms with van der Waals surface area (Å²) in [6.07, 6.45) is 2.98. The van der Waals surface area contributed by atoms with E-state index >= 15 is 0 Å². The molecule has 4 heteroatoms. The van der Waals surface area contributed by atoms with Crippen molar-refractivity contribution >= 4 is 6.29 Å². The zero-order chi connectivity index (χ0) is 11.5. The van der Waals surface area contributed by atoms with E-state index in [2.05, 4.69) is 4.98 Å². The second-order valence-corrected chi connectivity index (χ2v) is 3.25. The van der Waals surface area contributed by atoms with Crippen molar-refractivity contribution in [2.75, 3.05) is 0 Å². The maximum atomic E-state index is 13.5. The lowest BCUT2D eigenvalue weighted by molar-refractivity contribution is 0.112. The SMILES string of the molecule is O=Cc1ccc(F)c(-c2cncc(F)c2)c1. The first-order valence-corrected chi connectivity index (χ1v) is 4.56. The molecular weight excluding hydrogens is 212 g/mol. The number of aldehydes is 1. The molecule has 1 aromatic carbocycles. The summed E-state index contributed by atoms with van der Waals surface area (Å²) in [6.45, 7) is 0. The maximum Gasteiger partial charge on any atom is 0.150 e. The van der Waals surface area contributed by atoms with Gasteiger partial charge in [-0.3, -0.25) is 9.78 Å². The lowest BCUT2D eigenvalue weighted by atomic mass is 10.0. The Labute approximate surface area is 90.6 Å². The molecular formula is C12H7F2NO. The second kappa shape index (κ2) is 4.18. The summed E-state index contributed by atoms with van der Waals surface area (Å²) < 4.78 is 26.4. The first-order valence-electron chi connectivity index (χ1n) is 4.56. The Morgan fingerprint density at radius 2 is 1.94 bits per heavy atom. The maximum absolute atomic E-state index is 13.5. The van der Waals surface area contributed by atoms with Crippen LogP contribution in [0.1, 0.15) is 10.4 Å². The van der Waals surface area contributed by atoms with Gasteiger partial charge in [0.2, 0.25) is 0 Å². The quantitative estimate of drug-likeness (QED) is 0.727. The third-order valence-electron chi connectivity index (χ3n) is 2.14. The highest BCUT2D eigenvalue weighted by Gasteiger charge is 2.07. The van der Waals surface area contributed by atoms with Crippen LogP contribution in [0.2, 0.25) is 0 Å². The zero-order valence-corrected chi connectivity index (χ0v) is 8.15. The number of aromatic nitrogens is 1. The van der Waals surface area contributed by atoms with Crippen LogP contribution in [0.25, 0.3) is 11.1 Å². The number of rotatable bonds is 2. The molecule has 0 bridgehead atoms. The Morgan fingerprint density at radius 3 is 2.62 bits per heavy atom. The lowest BCUT2D eigenvalue weighted by Crippen LogP contribution is -1.89. The number of carbonyl (C=O) groups is 1. The van der Waals surface area contributed by atoms with E-state index in [-0.39, 0.29) is 5.56 Å². The fraction of sp³-hybridized carbons (Fsp3) is 0. The molecule has 0 saturated carbocycles. The Morgan fingerprint density at radius 1 is 1.12 bits per heavy atom. The van der Waals surface area contributed by atoms with Gasteiger partial charge in [-0.2, -0.15) is 0 Å². The predicted molar refractivity (Wildman–Crippen MR) is 55.0 cm³/mol. The lowest BCUT2D eigenvalue weighted by Gasteiger charge is -2.03. The van der Waals surface area contributed by atoms with Crippen LogP contribution in [0.4, 0.5) is 8.78 Å². The number of hydrogen-bond acceptors (Lipinski definition) is 2. The number of nitrogens with zero attached hydrogens (tertiary/aromatic N) is 1. The highest BCUT2D eigenvalue weighted by molar-refractivity contribution is 5.78. The van der Waals surface area contributed by atoms with E-state index in [1.165, 1.54) is 30.5 Å². The van der Waals surface area contributed by atoms with Crippen molar-refractivity contribution in [2.45, 2.75) is 0 Å². The van der Waals surface area contributed by atoms with Crippen LogP contribution in [0, 0.1) is 11.6 Å². The molecule has 1 heterocycles. The predicted octanol–water partition coefficient (Wildman–Crippen LogP) is 2.84. The monoisotopic (exact) mass is 219 g/mol. The minimum absolute atomic E-state index is 0.164. The van der Waals surface area contributed by atoms with Crippen LogP contribution in [-0.2, 0) is 0 Å². The summed E-state index contributed by atoms with van der Waals surface area (Å²) in [5.41, 5.74) is 0.804. The van der Waals surface area contributed by atoms with Crippen molar-refractivity contribution < 1.29 is 13.6 Å². The molecule has 0 aliphatic carbocycles. The number of benzene rings is 1. The Hall–Kier alpha value is -2.10. The van der Waals surface area contributed by atoms with Crippen LogP contribution in [0.15, 0.2) is 36.7 Å². The van der Waals surface area contributed by atoms with E-state index in [1.54, 1.807) is 0 Å². The molecule has 0 aliphatic rings. The summed E-state index contributed by atoms with van der Waals surface area (Å²) in [4.78, 5) is 14.2. The highest BCUT2D eigenvalue weighted by Crippen LogP contribution is 2.23. The zero-order valence-electron chi connectivity index (χ0n) is 8.15. The molecule has 0 atom stereocenters. The van der Waals surface area contributed by atoms with E-state index in [0.29, 0.717) is 17.4 Å². The molecule has 2 rings (SSSR count). The Bertz CT molecular complexity index is 540. The molecule has 0 aliphatic heterocycles. The minimum Gasteiger partial charge on any atom is -0.298 e. The summed E-state index contributed by atoms with van der Waals surface area (Å²) in [6, 6.07) is 5.06. The van der Waals surface area contributed by atoms with Crippen molar-refractivity contribution in [1.82, 2.24) is 4.98 Å². The van der Waals surface area contributed by atoms with E-state index in [0.717, 1.165) is 6.20 Å². The van der Waals surface area contributed by atoms with Crippen molar-refractivity contribution in [2.24, 2.45) is 0 Å². The largest absolute Gasteiger partial charge is 0.298 e. The molecule has 0 fully saturated rings. The first-order chi connectivity index (χ1) is 7.70. The van der Waals surface area contributed by atoms with Gasteiger partial charge in [0.15, 0.2) is 0 Å². The molecule has 0 N–H and O–H groups in total. The second-order valence-electron chi connectivity index (χ2n) is 3.25. The Balaban J connectivity index is 2.58. The van der Waals surface area contributed by atoms with Gasteiger partial charge < -0.3 is 0 Å². The molecule has 80 valence electrons. The van der Waals surface area contributed by atoms with Gasteiger partial charge in [-0.1, -0.05) is 0 Å². The molecule has 0 spiro atoms. The molecule has 0 saturated heterocycles. The summed E-state index contributed by atoms with van der Waals surface area (Å²) >= 11 is 0. The van der Waals surface area contributed by atoms with Gasteiger partial charge in [-0.05, 0) is 24.3 Å². The van der Waals surface area contributed by atoms with E-state index < -0.39 is 11.6 Å². The van der Waals surface area contributed by atoms with Crippen molar-refractivity contribution in [3.8, 4) is 11.1 Å². The normalized spacial score (nSPS) is 10.1. The molecule has 1 aromatic heterocycles. The average Bonchev–Trinajstić information content (AvgIpc) is 2.30. The highest BCUT2D eigenvalue weighted by atomic mass is 19.1. The third-order valence-corrected chi connectivity index (χ3v) is 2.14. The standard InChI is InChI=1S/C12H7F2NO/c13-10-4-9(5-15-6-10)11-3-8(7-16)1-2-12(11)14/h1-7H. The van der Waals surface area contributed by atoms with Gasteiger partial charge in [0.1, 0.15) is 17.9 Å². The van der Waals surface area contributed by atoms with Gasteiger partial charge in [-0.15, -0.1) is 0 Å². The van der Waals surface area contributed by atoms with Gasteiger partial charge in [0, 0.05) is 22.9 Å². The average molecular weight is 219 g/mol. The third kappa shape index (κ3) is 1.95. The molecule has 0 unspecified atom stereocenters. The van der Waals surface area contributed by atoms with Crippen LogP contribution in [0.5, 0.6) is 0 Å². The van der Waals surface area contributed by atoms with Crippen LogP contribution >= 0.6 is 0 Å². The van der Waals surface area contributed by atoms with Crippen molar-refractivity contribution in [3.63, 3.8) is 0 Å². The summed E-state index contributed by atoms with van der Waals surface area (Å²) in [5.74, 6) is -1.06. The van der Waals surface area contributed by atoms with Gasteiger partial charge in [0.25, 0.3) is 0 Å². The van der Waals surface area contributed by atoms with E-state index in [1.807, 2.05) is 0 Å². The van der Waals surface area contributed by atoms with Gasteiger partial charge in [-0.25, -0.2) is 8.78 Å². The van der Waals surface area contributed by atoms with Crippen molar-refractivity contribution in [3.05, 3.63) is 53.9 Å². The van der Waals surface area contributed by atoms with Crippen molar-refractivity contribution in [1.29, 1.82) is 0 Å². The molecule has 0 radical (unpaired) electrons. The summed E-state index contributed by atoms with van der Waals surface area (Å²) in [5, 5.41) is 0. The fourth-order valence-corrected chi connectivity index (χ4v) is 1.40. The minimum atomic E-state index is -0.548. The summed E-state index contributed by atoms with van der Waals surface area (Å²) in [7, 11) is 0. The molecule has 0 amide bonds. The van der Waals surface area contributed by atoms with Crippen LogP contribution in [-0.4, -0.2) is 11.3 Å². The number of halogens is 2. The van der Waals surface area contributed by atoms with E-state index in [9.17, 15) is 13.6 Å². The fourth-order valence-electron chi connectivity index (χ4n) is 1.40. The number of hydrogen-bond donors (Lipinski definition) is 0. The number of carbonyl (C=O) groups excluding carboxylic acids is 1. The molecule has 2 aromatic rings. The topological polar surface area (TPSA) is 30.0 Å². The van der Waals surface area contributed by atoms with Gasteiger partial charge in [0.05, 0.1) is 6.20 Å². The molecule has 16 heavy (non-hydrogen) atoms. The first kappa shape index (κ1) is 10.4. The number of pyridine rings is 1. The van der Waals surface area contributed by atoms with Crippen LogP contribution in [0.3, 0.4) is 0 Å². The van der Waals surface area contributed by atoms with E-state index in [4.69, 9.17) is 0 Å².